The number of nitrogens with one attached hydrogen (secondary N) is 1. The van der Waals surface area contributed by atoms with Gasteiger partial charge in [0.25, 0.3) is 0 Å². The van der Waals surface area contributed by atoms with Crippen LogP contribution in [0.4, 0.5) is 0 Å². The molecule has 0 aliphatic heterocycles. The van der Waals surface area contributed by atoms with Gasteiger partial charge < -0.3 is 10.2 Å². The molecule has 4 nitrogen and oxygen atoms in total. The van der Waals surface area contributed by atoms with Gasteiger partial charge in [-0.15, -0.1) is 0 Å². The molecule has 1 radical (unpaired) electrons. The highest BCUT2D eigenvalue weighted by molar-refractivity contribution is 5.81. The van der Waals surface area contributed by atoms with Crippen LogP contribution in [0, 0.1) is 0 Å². The first-order chi connectivity index (χ1) is 5.79. The van der Waals surface area contributed by atoms with E-state index in [0.717, 1.165) is 12.8 Å². The fourth-order valence-electron chi connectivity index (χ4n) is 1.13. The van der Waals surface area contributed by atoms with Crippen LogP contribution in [0.1, 0.15) is 12.8 Å². The highest BCUT2D eigenvalue weighted by Crippen LogP contribution is 2.26. The number of carbonyl (C=O) groups excluding carboxylic acids is 2. The molecule has 0 saturated heterocycles. The van der Waals surface area contributed by atoms with Crippen molar-refractivity contribution < 1.29 is 9.59 Å². The number of hydrogen-bond acceptors (Lipinski definition) is 3. The molecule has 0 bridgehead atoms. The van der Waals surface area contributed by atoms with Crippen molar-refractivity contribution in [1.82, 2.24) is 10.2 Å². The van der Waals surface area contributed by atoms with Crippen molar-refractivity contribution in [3.8, 4) is 0 Å². The van der Waals surface area contributed by atoms with E-state index in [-0.39, 0.29) is 12.5 Å². The summed E-state index contributed by atoms with van der Waals surface area (Å²) in [6.07, 6.45) is 3.81. The Morgan fingerprint density at radius 1 is 1.67 bits per heavy atom. The van der Waals surface area contributed by atoms with Crippen LogP contribution < -0.4 is 5.32 Å². The molecule has 0 aromatic heterocycles. The smallest absolute Gasteiger partial charge is 0.237 e. The molecule has 0 aromatic rings. The Morgan fingerprint density at radius 2 is 2.33 bits per heavy atom. The van der Waals surface area contributed by atoms with Crippen molar-refractivity contribution in [3.05, 3.63) is 0 Å². The number of likely N-dealkylation sites (N-methyl/N-ethyl adjacent to an activating group) is 1. The number of amides is 1. The molecule has 12 heavy (non-hydrogen) atoms. The van der Waals surface area contributed by atoms with Crippen molar-refractivity contribution >= 4 is 12.2 Å². The lowest BCUT2D eigenvalue weighted by Gasteiger charge is -2.18. The standard InChI is InChI=1S/C8H13N2O2/c1-9-6-8(12)10(4-5-11)7-2-3-7/h7,9H,2-4,6H2,1H3. The Balaban J connectivity index is 2.39. The molecule has 0 atom stereocenters. The maximum Gasteiger partial charge on any atom is 0.237 e. The second-order valence-electron chi connectivity index (χ2n) is 2.93. The van der Waals surface area contributed by atoms with Gasteiger partial charge in [0.2, 0.25) is 12.2 Å². The third kappa shape index (κ3) is 2.30. The predicted molar refractivity (Wildman–Crippen MR) is 44.4 cm³/mol. The van der Waals surface area contributed by atoms with Crippen LogP contribution in [-0.4, -0.2) is 43.3 Å². The summed E-state index contributed by atoms with van der Waals surface area (Å²) < 4.78 is 0. The van der Waals surface area contributed by atoms with Crippen LogP contribution in [0.15, 0.2) is 0 Å². The Hall–Kier alpha value is -0.900. The quantitative estimate of drug-likeness (QED) is 0.592. The zero-order chi connectivity index (χ0) is 8.97. The highest BCUT2D eigenvalue weighted by Gasteiger charge is 2.31. The van der Waals surface area contributed by atoms with Gasteiger partial charge in [-0.3, -0.25) is 9.59 Å². The molecule has 1 aliphatic carbocycles. The van der Waals surface area contributed by atoms with Gasteiger partial charge in [-0.25, -0.2) is 0 Å². The van der Waals surface area contributed by atoms with Gasteiger partial charge in [0.15, 0.2) is 0 Å². The monoisotopic (exact) mass is 169 g/mol. The molecule has 67 valence electrons. The predicted octanol–water partition coefficient (Wildman–Crippen LogP) is -0.693. The van der Waals surface area contributed by atoms with E-state index >= 15 is 0 Å². The number of nitrogens with zero attached hydrogens (tertiary/aromatic N) is 1. The summed E-state index contributed by atoms with van der Waals surface area (Å²) in [7, 11) is 1.72. The summed E-state index contributed by atoms with van der Waals surface area (Å²) in [4.78, 5) is 23.0. The average molecular weight is 169 g/mol. The molecular weight excluding hydrogens is 156 g/mol. The molecule has 0 aromatic carbocycles. The molecule has 1 rings (SSSR count). The molecule has 4 heteroatoms. The van der Waals surface area contributed by atoms with E-state index in [1.54, 1.807) is 18.2 Å². The van der Waals surface area contributed by atoms with Gasteiger partial charge in [0.1, 0.15) is 0 Å². The topological polar surface area (TPSA) is 49.4 Å². The van der Waals surface area contributed by atoms with Gasteiger partial charge in [0, 0.05) is 6.04 Å². The molecule has 0 unspecified atom stereocenters. The van der Waals surface area contributed by atoms with Gasteiger partial charge in [-0.05, 0) is 19.9 Å². The molecule has 0 spiro atoms. The van der Waals surface area contributed by atoms with E-state index in [0.29, 0.717) is 12.6 Å². The third-order valence-electron chi connectivity index (χ3n) is 1.87. The summed E-state index contributed by atoms with van der Waals surface area (Å²) in [6, 6.07) is 0.298. The number of carbonyl (C=O) groups is 1. The largest absolute Gasteiger partial charge is 0.331 e. The van der Waals surface area contributed by atoms with Crippen molar-refractivity contribution in [1.29, 1.82) is 0 Å². The average Bonchev–Trinajstić information content (AvgIpc) is 2.83. The second kappa shape index (κ2) is 4.21. The lowest BCUT2D eigenvalue weighted by atomic mass is 10.4. The molecular formula is C8H13N2O2. The van der Waals surface area contributed by atoms with E-state index < -0.39 is 0 Å². The molecule has 0 heterocycles. The molecule has 1 aliphatic rings. The van der Waals surface area contributed by atoms with E-state index in [2.05, 4.69) is 5.32 Å². The first kappa shape index (κ1) is 9.19. The Morgan fingerprint density at radius 3 is 2.75 bits per heavy atom. The van der Waals surface area contributed by atoms with Crippen molar-refractivity contribution in [2.45, 2.75) is 18.9 Å². The third-order valence-corrected chi connectivity index (χ3v) is 1.87. The molecule has 1 fully saturated rings. The lowest BCUT2D eigenvalue weighted by molar-refractivity contribution is -0.129. The van der Waals surface area contributed by atoms with E-state index in [4.69, 9.17) is 0 Å². The van der Waals surface area contributed by atoms with Crippen LogP contribution in [0.2, 0.25) is 0 Å². The zero-order valence-electron chi connectivity index (χ0n) is 7.17. The summed E-state index contributed by atoms with van der Waals surface area (Å²) in [6.45, 7) is 0.420. The van der Waals surface area contributed by atoms with Crippen LogP contribution in [0.25, 0.3) is 0 Å². The molecule has 1 N–H and O–H groups in total. The fraction of sp³-hybridized carbons (Fsp3) is 0.750. The summed E-state index contributed by atoms with van der Waals surface area (Å²) >= 11 is 0. The minimum atomic E-state index is -0.0108. The summed E-state index contributed by atoms with van der Waals surface area (Å²) in [5.41, 5.74) is 0. The SMILES string of the molecule is CNCC(=O)N(C[C]=O)C1CC1. The van der Waals surface area contributed by atoms with Crippen molar-refractivity contribution in [3.63, 3.8) is 0 Å². The Bertz CT molecular complexity index is 178. The van der Waals surface area contributed by atoms with E-state index in [9.17, 15) is 9.59 Å². The van der Waals surface area contributed by atoms with Gasteiger partial charge in [-0.1, -0.05) is 0 Å². The summed E-state index contributed by atoms with van der Waals surface area (Å²) in [5, 5.41) is 2.77. The van der Waals surface area contributed by atoms with Crippen molar-refractivity contribution in [2.75, 3.05) is 20.1 Å². The van der Waals surface area contributed by atoms with E-state index in [1.165, 1.54) is 0 Å². The Labute approximate surface area is 71.9 Å². The van der Waals surface area contributed by atoms with E-state index in [1.807, 2.05) is 0 Å². The minimum Gasteiger partial charge on any atom is -0.331 e. The Kier molecular flexibility index (Phi) is 3.22. The normalized spacial score (nSPS) is 15.8. The first-order valence-corrected chi connectivity index (χ1v) is 4.08. The fourth-order valence-corrected chi connectivity index (χ4v) is 1.13. The van der Waals surface area contributed by atoms with Gasteiger partial charge in [0.05, 0.1) is 13.1 Å². The zero-order valence-corrected chi connectivity index (χ0v) is 7.17. The maximum atomic E-state index is 11.3. The molecule has 1 saturated carbocycles. The molecule has 1 amide bonds. The van der Waals surface area contributed by atoms with Crippen molar-refractivity contribution in [2.24, 2.45) is 0 Å². The maximum absolute atomic E-state index is 11.3. The lowest BCUT2D eigenvalue weighted by Crippen LogP contribution is -2.39. The van der Waals surface area contributed by atoms with Crippen LogP contribution >= 0.6 is 0 Å². The van der Waals surface area contributed by atoms with Crippen LogP contribution in [-0.2, 0) is 9.59 Å². The van der Waals surface area contributed by atoms with Gasteiger partial charge >= 0.3 is 0 Å². The highest BCUT2D eigenvalue weighted by atomic mass is 16.2. The van der Waals surface area contributed by atoms with Crippen LogP contribution in [0.5, 0.6) is 0 Å². The first-order valence-electron chi connectivity index (χ1n) is 4.08. The van der Waals surface area contributed by atoms with Crippen LogP contribution in [0.3, 0.4) is 0 Å². The van der Waals surface area contributed by atoms with Gasteiger partial charge in [-0.2, -0.15) is 0 Å². The number of hydrogen-bond donors (Lipinski definition) is 1. The second-order valence-corrected chi connectivity index (χ2v) is 2.93. The number of rotatable bonds is 5. The minimum absolute atomic E-state index is 0.0108. The summed E-state index contributed by atoms with van der Waals surface area (Å²) in [5.74, 6) is -0.0108.